The molecule has 0 unspecified atom stereocenters. The van der Waals surface area contributed by atoms with Crippen molar-refractivity contribution in [3.63, 3.8) is 0 Å². The molecule has 6 nitrogen and oxygen atoms in total. The van der Waals surface area contributed by atoms with Gasteiger partial charge in [0, 0.05) is 13.1 Å². The fourth-order valence-electron chi connectivity index (χ4n) is 0. The van der Waals surface area contributed by atoms with E-state index in [1.807, 2.05) is 0 Å². The third-order valence-electron chi connectivity index (χ3n) is 0.167. The van der Waals surface area contributed by atoms with Gasteiger partial charge in [0.05, 0.1) is 5.09 Å². The van der Waals surface area contributed by atoms with Crippen molar-refractivity contribution in [1.82, 2.24) is 0 Å². The van der Waals surface area contributed by atoms with Crippen LogP contribution in [0.2, 0.25) is 0 Å². The molecule has 0 aromatic rings. The SMILES string of the molecule is NCCN.O=[N+]([O-])[O-].[Na+]. The molecule has 0 bridgehead atoms. The van der Waals surface area contributed by atoms with Crippen molar-refractivity contribution in [1.29, 1.82) is 0 Å². The average Bonchev–Trinajstić information content (AvgIpc) is 1.65. The monoisotopic (exact) mass is 145 g/mol. The minimum Gasteiger partial charge on any atom is -0.356 e. The summed E-state index contributed by atoms with van der Waals surface area (Å²) in [4.78, 5) is 8.25. The zero-order valence-electron chi connectivity index (χ0n) is 5.24. The Kier molecular flexibility index (Phi) is 28.0. The van der Waals surface area contributed by atoms with Crippen LogP contribution in [0.25, 0.3) is 0 Å². The molecule has 0 fully saturated rings. The normalized spacial score (nSPS) is 6.00. The van der Waals surface area contributed by atoms with E-state index in [9.17, 15) is 0 Å². The molecule has 0 rings (SSSR count). The van der Waals surface area contributed by atoms with Crippen LogP contribution in [0, 0.1) is 15.3 Å². The third kappa shape index (κ3) is 242. The van der Waals surface area contributed by atoms with Crippen molar-refractivity contribution in [3.8, 4) is 0 Å². The van der Waals surface area contributed by atoms with Gasteiger partial charge in [-0.2, -0.15) is 0 Å². The molecule has 0 spiro atoms. The first-order valence-corrected chi connectivity index (χ1v) is 1.86. The van der Waals surface area contributed by atoms with Crippen molar-refractivity contribution < 1.29 is 34.6 Å². The van der Waals surface area contributed by atoms with E-state index < -0.39 is 5.09 Å². The van der Waals surface area contributed by atoms with Crippen molar-refractivity contribution in [2.45, 2.75) is 0 Å². The predicted octanol–water partition coefficient (Wildman–Crippen LogP) is -4.33. The van der Waals surface area contributed by atoms with E-state index in [2.05, 4.69) is 0 Å². The maximum atomic E-state index is 8.25. The molecule has 0 aromatic carbocycles. The molecule has 9 heavy (non-hydrogen) atoms. The van der Waals surface area contributed by atoms with Gasteiger partial charge in [-0.15, -0.1) is 0 Å². The van der Waals surface area contributed by atoms with Crippen LogP contribution in [0.15, 0.2) is 0 Å². The topological polar surface area (TPSA) is 118 Å². The summed E-state index contributed by atoms with van der Waals surface area (Å²) in [5, 5.41) is 14.8. The summed E-state index contributed by atoms with van der Waals surface area (Å²) in [6.45, 7) is 1.19. The molecule has 4 N–H and O–H groups in total. The van der Waals surface area contributed by atoms with Gasteiger partial charge in [-0.05, 0) is 0 Å². The molecule has 0 saturated heterocycles. The Balaban J connectivity index is -0.0000000720. The van der Waals surface area contributed by atoms with E-state index in [4.69, 9.17) is 26.8 Å². The Morgan fingerprint density at radius 3 is 1.33 bits per heavy atom. The Morgan fingerprint density at radius 2 is 1.33 bits per heavy atom. The fourth-order valence-corrected chi connectivity index (χ4v) is 0. The van der Waals surface area contributed by atoms with E-state index in [1.165, 1.54) is 0 Å². The van der Waals surface area contributed by atoms with Crippen molar-refractivity contribution in [2.75, 3.05) is 13.1 Å². The molecule has 0 amide bonds. The molecule has 0 saturated carbocycles. The van der Waals surface area contributed by atoms with Gasteiger partial charge >= 0.3 is 29.6 Å². The molecule has 0 aliphatic heterocycles. The molecule has 7 heteroatoms. The third-order valence-corrected chi connectivity index (χ3v) is 0.167. The maximum absolute atomic E-state index is 8.25. The van der Waals surface area contributed by atoms with E-state index in [0.717, 1.165) is 0 Å². The minimum absolute atomic E-state index is 0. The second kappa shape index (κ2) is 15.7. The number of nitrogens with zero attached hydrogens (tertiary/aromatic N) is 1. The summed E-state index contributed by atoms with van der Waals surface area (Å²) in [6.07, 6.45) is 0. The van der Waals surface area contributed by atoms with Gasteiger partial charge in [-0.1, -0.05) is 0 Å². The van der Waals surface area contributed by atoms with Crippen LogP contribution in [0.3, 0.4) is 0 Å². The van der Waals surface area contributed by atoms with Crippen molar-refractivity contribution >= 4 is 0 Å². The standard InChI is InChI=1S/C2H8N2.NO3.Na/c3-1-2-4;2-1(3)4;/h1-4H2;;/q;-1;+1. The van der Waals surface area contributed by atoms with Crippen LogP contribution in [0.1, 0.15) is 0 Å². The summed E-state index contributed by atoms with van der Waals surface area (Å²) in [5.74, 6) is 0. The average molecular weight is 145 g/mol. The van der Waals surface area contributed by atoms with Gasteiger partial charge in [0.1, 0.15) is 0 Å². The number of rotatable bonds is 1. The first-order valence-electron chi connectivity index (χ1n) is 1.86. The zero-order chi connectivity index (χ0) is 6.99. The molecular formula is C2H8N3NaO3. The summed E-state index contributed by atoms with van der Waals surface area (Å²) < 4.78 is 0. The molecule has 0 aromatic heterocycles. The quantitative estimate of drug-likeness (QED) is 0.219. The zero-order valence-corrected chi connectivity index (χ0v) is 7.24. The molecule has 0 radical (unpaired) electrons. The van der Waals surface area contributed by atoms with E-state index in [0.29, 0.717) is 13.1 Å². The fraction of sp³-hybridized carbons (Fsp3) is 1.00. The number of hydrogen-bond acceptors (Lipinski definition) is 5. The Labute approximate surface area is 74.6 Å². The Morgan fingerprint density at radius 1 is 1.22 bits per heavy atom. The van der Waals surface area contributed by atoms with Crippen LogP contribution in [0.4, 0.5) is 0 Å². The minimum atomic E-state index is -1.75. The number of hydrogen-bond donors (Lipinski definition) is 2. The summed E-state index contributed by atoms with van der Waals surface area (Å²) in [7, 11) is 0. The summed E-state index contributed by atoms with van der Waals surface area (Å²) in [5.41, 5.74) is 9.81. The van der Waals surface area contributed by atoms with Crippen molar-refractivity contribution in [2.24, 2.45) is 11.5 Å². The van der Waals surface area contributed by atoms with Gasteiger partial charge in [-0.3, -0.25) is 0 Å². The van der Waals surface area contributed by atoms with Gasteiger partial charge in [0.2, 0.25) is 0 Å². The van der Waals surface area contributed by atoms with Crippen LogP contribution in [0.5, 0.6) is 0 Å². The molecule has 50 valence electrons. The predicted molar refractivity (Wildman–Crippen MR) is 28.5 cm³/mol. The molecular weight excluding hydrogens is 137 g/mol. The van der Waals surface area contributed by atoms with Gasteiger partial charge in [-0.25, -0.2) is 0 Å². The van der Waals surface area contributed by atoms with Crippen LogP contribution >= 0.6 is 0 Å². The van der Waals surface area contributed by atoms with Gasteiger partial charge < -0.3 is 26.8 Å². The largest absolute Gasteiger partial charge is 1.00 e. The van der Waals surface area contributed by atoms with E-state index in [1.54, 1.807) is 0 Å². The first-order chi connectivity index (χ1) is 3.65. The van der Waals surface area contributed by atoms with Crippen LogP contribution < -0.4 is 41.0 Å². The van der Waals surface area contributed by atoms with Crippen LogP contribution in [-0.4, -0.2) is 18.2 Å². The maximum Gasteiger partial charge on any atom is 1.00 e. The summed E-state index contributed by atoms with van der Waals surface area (Å²) in [6, 6.07) is 0. The Hall–Kier alpha value is 0.120. The van der Waals surface area contributed by atoms with Crippen molar-refractivity contribution in [3.05, 3.63) is 15.3 Å². The van der Waals surface area contributed by atoms with E-state index >= 15 is 0 Å². The second-order valence-corrected chi connectivity index (χ2v) is 0.801. The number of nitrogens with two attached hydrogens (primary N) is 2. The van der Waals surface area contributed by atoms with Gasteiger partial charge in [0.25, 0.3) is 0 Å². The Bertz CT molecular complexity index is 55.0. The molecule has 0 atom stereocenters. The molecule has 0 aliphatic rings. The summed E-state index contributed by atoms with van der Waals surface area (Å²) >= 11 is 0. The molecule has 0 heterocycles. The van der Waals surface area contributed by atoms with E-state index in [-0.39, 0.29) is 29.6 Å². The molecule has 0 aliphatic carbocycles. The smallest absolute Gasteiger partial charge is 0.356 e. The first kappa shape index (κ1) is 16.1. The second-order valence-electron chi connectivity index (χ2n) is 0.801. The van der Waals surface area contributed by atoms with Gasteiger partial charge in [0.15, 0.2) is 0 Å². The van der Waals surface area contributed by atoms with Crippen LogP contribution in [-0.2, 0) is 0 Å².